The topological polar surface area (TPSA) is 201 Å². The quantitative estimate of drug-likeness (QED) is 0.0460. The molecule has 7 heterocycles. The summed E-state index contributed by atoms with van der Waals surface area (Å²) in [4.78, 5) is 77.7. The average Bonchev–Trinajstić information content (AvgIpc) is 4.48. The number of fused-ring (bicyclic) bond motifs is 2. The first kappa shape index (κ1) is 56.7. The second-order valence-electron chi connectivity index (χ2n) is 22.3. The molecular weight excluding hydrogens is 1030 g/mol. The number of ether oxygens (including phenoxy) is 1. The molecule has 9 rings (SSSR count). The summed E-state index contributed by atoms with van der Waals surface area (Å²) in [5.41, 5.74) is 9.24. The Morgan fingerprint density at radius 2 is 1.71 bits per heavy atom. The van der Waals surface area contributed by atoms with Crippen molar-refractivity contribution in [3.63, 3.8) is 0 Å². The number of alkyl halides is 2. The minimum atomic E-state index is -2.79. The average molecular weight is 1110 g/mol. The van der Waals surface area contributed by atoms with Crippen molar-refractivity contribution in [3.05, 3.63) is 100 Å². The number of benzene rings is 2. The third kappa shape index (κ3) is 13.2. The van der Waals surface area contributed by atoms with E-state index in [2.05, 4.69) is 47.5 Å². The van der Waals surface area contributed by atoms with E-state index in [1.807, 2.05) is 63.5 Å². The van der Waals surface area contributed by atoms with Gasteiger partial charge in [0.05, 0.1) is 34.9 Å². The van der Waals surface area contributed by atoms with Crippen LogP contribution < -0.4 is 26.2 Å². The van der Waals surface area contributed by atoms with E-state index >= 15 is 8.78 Å². The fourth-order valence-electron chi connectivity index (χ4n) is 11.3. The summed E-state index contributed by atoms with van der Waals surface area (Å²) in [6, 6.07) is 9.75. The van der Waals surface area contributed by atoms with Crippen molar-refractivity contribution in [2.45, 2.75) is 143 Å². The van der Waals surface area contributed by atoms with Gasteiger partial charge in [0.15, 0.2) is 5.82 Å². The molecule has 2 saturated heterocycles. The zero-order valence-electron chi connectivity index (χ0n) is 46.0. The number of likely N-dealkylation sites (tertiary alicyclic amines) is 1. The van der Waals surface area contributed by atoms with E-state index in [4.69, 9.17) is 9.84 Å². The Morgan fingerprint density at radius 3 is 2.43 bits per heavy atom. The number of nitrogens with zero attached hydrogens (tertiary/aromatic N) is 8. The van der Waals surface area contributed by atoms with Gasteiger partial charge in [0.25, 0.3) is 6.43 Å². The third-order valence-electron chi connectivity index (χ3n) is 15.5. The number of rotatable bonds is 19. The summed E-state index contributed by atoms with van der Waals surface area (Å²) in [7, 11) is 1.61. The maximum atomic E-state index is 15.1. The first-order valence-electron chi connectivity index (χ1n) is 27.7. The molecule has 0 spiro atoms. The van der Waals surface area contributed by atoms with Crippen molar-refractivity contribution >= 4 is 52.5 Å². The number of nitrogens with one attached hydrogen (secondary N) is 4. The number of thiazole rings is 1. The van der Waals surface area contributed by atoms with Crippen LogP contribution in [-0.2, 0) is 56.4 Å². The normalized spacial score (nSPS) is 17.1. The number of carbonyl (C=O) groups excluding carboxylic acids is 5. The molecule has 0 bridgehead atoms. The molecule has 2 fully saturated rings. The van der Waals surface area contributed by atoms with Crippen molar-refractivity contribution < 1.29 is 37.5 Å². The van der Waals surface area contributed by atoms with Crippen LogP contribution in [0.4, 0.5) is 25.1 Å². The lowest BCUT2D eigenvalue weighted by molar-refractivity contribution is -0.143. The van der Waals surface area contributed by atoms with E-state index in [9.17, 15) is 24.0 Å². The van der Waals surface area contributed by atoms with Gasteiger partial charge in [0.1, 0.15) is 18.6 Å². The van der Waals surface area contributed by atoms with Crippen molar-refractivity contribution in [2.75, 3.05) is 51.3 Å². The van der Waals surface area contributed by atoms with E-state index < -0.39 is 23.9 Å². The Hall–Kier alpha value is -7.00. The molecule has 4 N–H and O–H groups in total. The summed E-state index contributed by atoms with van der Waals surface area (Å²) >= 11 is 1.58. The maximum absolute atomic E-state index is 15.1. The van der Waals surface area contributed by atoms with Gasteiger partial charge >= 0.3 is 6.03 Å². The van der Waals surface area contributed by atoms with Crippen molar-refractivity contribution in [2.24, 2.45) is 5.41 Å². The van der Waals surface area contributed by atoms with E-state index in [1.165, 1.54) is 15.8 Å². The summed E-state index contributed by atoms with van der Waals surface area (Å²) in [6.07, 6.45) is 7.40. The molecular formula is C58H74F2N12O6S. The molecule has 4 aliphatic rings. The number of aromatic nitrogens is 5. The predicted octanol–water partition coefficient (Wildman–Crippen LogP) is 8.32. The summed E-state index contributed by atoms with van der Waals surface area (Å²) in [5, 5.41) is 21.2. The number of unbranched alkanes of at least 4 members (excludes halogenated alkanes) is 3. The molecule has 0 radical (unpaired) electrons. The van der Waals surface area contributed by atoms with Gasteiger partial charge in [-0.15, -0.1) is 11.3 Å². The minimum absolute atomic E-state index is 0.0926. The number of hydrogen-bond acceptors (Lipinski definition) is 11. The SMILES string of the molecule is C=C1C[C@@H](C(=O)NCc2ccc(-c3scnc3C)cc2)N(C(=O)[C@@H](NC(=O)CCCCCCNC(=O)Cn2cc(-c3cc4c(cc3C(F)F)N(c3nn(C5CCOCC5)c5c3CN(C(=O)NC)CC5)CCC4)cn2)C(C)(C)C)C1. The second kappa shape index (κ2) is 25.0. The van der Waals surface area contributed by atoms with Gasteiger partial charge in [-0.1, -0.05) is 70.0 Å². The summed E-state index contributed by atoms with van der Waals surface area (Å²) < 4.78 is 39.4. The lowest BCUT2D eigenvalue weighted by Crippen LogP contribution is -2.57. The van der Waals surface area contributed by atoms with Gasteiger partial charge in [0, 0.05) is 100 Å². The number of aryl methyl sites for hydroxylation is 2. The van der Waals surface area contributed by atoms with Crippen molar-refractivity contribution in [1.82, 2.24) is 55.6 Å². The van der Waals surface area contributed by atoms with Crippen LogP contribution in [0.15, 0.2) is 66.5 Å². The first-order valence-corrected chi connectivity index (χ1v) is 28.6. The van der Waals surface area contributed by atoms with Gasteiger partial charge in [-0.2, -0.15) is 10.2 Å². The largest absolute Gasteiger partial charge is 0.381 e. The van der Waals surface area contributed by atoms with Gasteiger partial charge in [-0.25, -0.2) is 18.6 Å². The Morgan fingerprint density at radius 1 is 0.937 bits per heavy atom. The monoisotopic (exact) mass is 1100 g/mol. The Labute approximate surface area is 464 Å². The highest BCUT2D eigenvalue weighted by Crippen LogP contribution is 2.44. The predicted molar refractivity (Wildman–Crippen MR) is 299 cm³/mol. The van der Waals surface area contributed by atoms with Crippen LogP contribution in [0.3, 0.4) is 0 Å². The molecule has 2 aromatic carbocycles. The molecule has 6 amide bonds. The van der Waals surface area contributed by atoms with Crippen LogP contribution in [0.2, 0.25) is 0 Å². The zero-order chi connectivity index (χ0) is 56.0. The molecule has 0 saturated carbocycles. The fraction of sp³-hybridized carbons (Fsp3) is 0.517. The lowest BCUT2D eigenvalue weighted by atomic mass is 9.85. The third-order valence-corrected chi connectivity index (χ3v) is 16.5. The second-order valence-corrected chi connectivity index (χ2v) is 23.2. The summed E-state index contributed by atoms with van der Waals surface area (Å²) in [6.45, 7) is 15.4. The number of halogens is 2. The van der Waals surface area contributed by atoms with Gasteiger partial charge in [0.2, 0.25) is 23.6 Å². The highest BCUT2D eigenvalue weighted by atomic mass is 32.1. The van der Waals surface area contributed by atoms with Crippen LogP contribution >= 0.6 is 11.3 Å². The molecule has 0 aliphatic carbocycles. The highest BCUT2D eigenvalue weighted by molar-refractivity contribution is 7.13. The number of anilines is 2. The Bertz CT molecular complexity index is 3030. The zero-order valence-corrected chi connectivity index (χ0v) is 46.9. The highest BCUT2D eigenvalue weighted by Gasteiger charge is 2.43. The lowest BCUT2D eigenvalue weighted by Gasteiger charge is -2.35. The number of hydrogen-bond donors (Lipinski definition) is 4. The summed E-state index contributed by atoms with van der Waals surface area (Å²) in [5.74, 6) is -0.415. The Balaban J connectivity index is 0.737. The molecule has 18 nitrogen and oxygen atoms in total. The van der Waals surface area contributed by atoms with Crippen LogP contribution in [-0.4, -0.2) is 123 Å². The molecule has 4 aliphatic heterocycles. The van der Waals surface area contributed by atoms with Gasteiger partial charge in [-0.3, -0.25) is 28.5 Å². The number of carbonyl (C=O) groups is 5. The van der Waals surface area contributed by atoms with E-state index in [-0.39, 0.29) is 60.8 Å². The molecule has 422 valence electrons. The smallest absolute Gasteiger partial charge is 0.317 e. The number of urea groups is 1. The van der Waals surface area contributed by atoms with Crippen LogP contribution in [0, 0.1) is 12.3 Å². The number of amides is 6. The minimum Gasteiger partial charge on any atom is -0.381 e. The molecule has 21 heteroatoms. The van der Waals surface area contributed by atoms with E-state index in [1.54, 1.807) is 35.5 Å². The van der Waals surface area contributed by atoms with Crippen LogP contribution in [0.25, 0.3) is 21.6 Å². The molecule has 5 aromatic rings. The van der Waals surface area contributed by atoms with Crippen molar-refractivity contribution in [3.8, 4) is 21.6 Å². The van der Waals surface area contributed by atoms with Crippen LogP contribution in [0.1, 0.15) is 125 Å². The molecule has 79 heavy (non-hydrogen) atoms. The van der Waals surface area contributed by atoms with Crippen LogP contribution in [0.5, 0.6) is 0 Å². The van der Waals surface area contributed by atoms with E-state index in [0.29, 0.717) is 101 Å². The van der Waals surface area contributed by atoms with Gasteiger partial charge in [-0.05, 0) is 91.7 Å². The van der Waals surface area contributed by atoms with Gasteiger partial charge < -0.3 is 40.7 Å². The maximum Gasteiger partial charge on any atom is 0.317 e. The molecule has 2 atom stereocenters. The standard InChI is InChI=1S/C58H74F2N12O6S/c1-36-26-48(55(75)63-29-38-14-16-39(17-15-38)51-37(2)64-35-79-51)71(31-36)56(76)52(58(3,4)5)66-49(73)13-9-7-8-10-21-62-50(74)34-69-32-41(30-65-69)43-27-40-12-11-22-70(47(40)28-44(43)53(59)60)54-45-33-68(57(77)61-6)23-18-46(45)72(67-54)42-19-24-78-25-20-42/h14-17,27-28,30,32,35,42,48,52-53H,1,7-13,18-26,29,31,33-34H2,2-6H3,(H,61,77)(H,62,74)(H,63,75)(H,66,73)/t48-,52+/m0/s1. The molecule has 3 aromatic heterocycles. The fourth-order valence-corrected chi connectivity index (χ4v) is 12.1. The molecule has 0 unspecified atom stereocenters. The van der Waals surface area contributed by atoms with Crippen molar-refractivity contribution in [1.29, 1.82) is 0 Å². The van der Waals surface area contributed by atoms with E-state index in [0.717, 1.165) is 76.2 Å². The first-order chi connectivity index (χ1) is 38.0. The Kier molecular flexibility index (Phi) is 17.9.